The third-order valence-electron chi connectivity index (χ3n) is 2.77. The van der Waals surface area contributed by atoms with E-state index in [1.165, 1.54) is 0 Å². The molecule has 5 heteroatoms. The van der Waals surface area contributed by atoms with Crippen LogP contribution in [0.3, 0.4) is 0 Å². The highest BCUT2D eigenvalue weighted by Crippen LogP contribution is 2.27. The van der Waals surface area contributed by atoms with Crippen molar-refractivity contribution in [2.75, 3.05) is 5.75 Å². The topological polar surface area (TPSA) is 26.0 Å². The molecule has 2 aromatic rings. The maximum absolute atomic E-state index is 6.16. The van der Waals surface area contributed by atoms with E-state index in [0.29, 0.717) is 16.5 Å². The van der Waals surface area contributed by atoms with Gasteiger partial charge in [0.05, 0.1) is 10.0 Å². The first-order chi connectivity index (χ1) is 9.56. The van der Waals surface area contributed by atoms with Crippen LogP contribution >= 0.6 is 46.6 Å². The molecule has 0 saturated heterocycles. The number of nitrogens with two attached hydrogens (primary N) is 1. The molecule has 0 heterocycles. The van der Waals surface area contributed by atoms with Crippen LogP contribution in [0.15, 0.2) is 47.4 Å². The second-order valence-electron chi connectivity index (χ2n) is 4.45. The van der Waals surface area contributed by atoms with Crippen molar-refractivity contribution in [3.05, 3.63) is 63.1 Å². The largest absolute Gasteiger partial charge is 0.327 e. The van der Waals surface area contributed by atoms with Gasteiger partial charge in [0.2, 0.25) is 0 Å². The van der Waals surface area contributed by atoms with Gasteiger partial charge in [0, 0.05) is 21.7 Å². The molecule has 2 N–H and O–H groups in total. The average Bonchev–Trinajstić information content (AvgIpc) is 2.42. The molecule has 1 atom stereocenters. The van der Waals surface area contributed by atoms with Gasteiger partial charge in [-0.05, 0) is 36.2 Å². The lowest BCUT2D eigenvalue weighted by molar-refractivity contribution is 0.749. The zero-order chi connectivity index (χ0) is 14.5. The van der Waals surface area contributed by atoms with Crippen LogP contribution in [0.25, 0.3) is 0 Å². The van der Waals surface area contributed by atoms with E-state index in [9.17, 15) is 0 Å². The molecule has 1 nitrogen and oxygen atoms in total. The average molecular weight is 347 g/mol. The molecule has 1 unspecified atom stereocenters. The van der Waals surface area contributed by atoms with Crippen molar-refractivity contribution < 1.29 is 0 Å². The zero-order valence-electron chi connectivity index (χ0n) is 10.7. The van der Waals surface area contributed by atoms with Gasteiger partial charge in [0.15, 0.2) is 0 Å². The highest BCUT2D eigenvalue weighted by Gasteiger charge is 2.10. The van der Waals surface area contributed by atoms with E-state index in [4.69, 9.17) is 40.5 Å². The maximum atomic E-state index is 6.16. The third-order valence-corrected chi connectivity index (χ3v) is 5.05. The zero-order valence-corrected chi connectivity index (χ0v) is 13.7. The number of hydrogen-bond donors (Lipinski definition) is 1. The molecule has 20 heavy (non-hydrogen) atoms. The molecule has 0 spiro atoms. The van der Waals surface area contributed by atoms with Crippen molar-refractivity contribution in [1.29, 1.82) is 0 Å². The molecule has 0 saturated carbocycles. The van der Waals surface area contributed by atoms with E-state index in [0.717, 1.165) is 21.2 Å². The predicted octanol–water partition coefficient (Wildman–Crippen LogP) is 5.31. The Morgan fingerprint density at radius 1 is 1.05 bits per heavy atom. The Morgan fingerprint density at radius 3 is 2.55 bits per heavy atom. The highest BCUT2D eigenvalue weighted by atomic mass is 35.5. The monoisotopic (exact) mass is 345 g/mol. The lowest BCUT2D eigenvalue weighted by atomic mass is 10.1. The SMILES string of the molecule is NC(CSc1cccc(Cl)c1)Cc1cccc(Cl)c1Cl. The van der Waals surface area contributed by atoms with Crippen molar-refractivity contribution in [3.63, 3.8) is 0 Å². The lowest BCUT2D eigenvalue weighted by Gasteiger charge is -2.13. The summed E-state index contributed by atoms with van der Waals surface area (Å²) in [6.45, 7) is 0. The van der Waals surface area contributed by atoms with Crippen molar-refractivity contribution >= 4 is 46.6 Å². The summed E-state index contributed by atoms with van der Waals surface area (Å²) in [6.07, 6.45) is 0.701. The number of halogens is 3. The van der Waals surface area contributed by atoms with E-state index in [1.54, 1.807) is 17.8 Å². The normalized spacial score (nSPS) is 12.4. The molecule has 0 aliphatic heterocycles. The van der Waals surface area contributed by atoms with Crippen LogP contribution in [0.5, 0.6) is 0 Å². The van der Waals surface area contributed by atoms with Gasteiger partial charge in [-0.25, -0.2) is 0 Å². The molecule has 2 aromatic carbocycles. The van der Waals surface area contributed by atoms with Gasteiger partial charge in [-0.15, -0.1) is 11.8 Å². The fourth-order valence-electron chi connectivity index (χ4n) is 1.81. The Balaban J connectivity index is 1.92. The Labute approximate surface area is 138 Å². The fourth-order valence-corrected chi connectivity index (χ4v) is 3.37. The van der Waals surface area contributed by atoms with E-state index >= 15 is 0 Å². The minimum atomic E-state index is 0.00921. The molecule has 0 aliphatic carbocycles. The molecule has 0 fully saturated rings. The summed E-state index contributed by atoms with van der Waals surface area (Å²) in [7, 11) is 0. The van der Waals surface area contributed by atoms with Crippen molar-refractivity contribution in [3.8, 4) is 0 Å². The van der Waals surface area contributed by atoms with Gasteiger partial charge in [0.25, 0.3) is 0 Å². The lowest BCUT2D eigenvalue weighted by Crippen LogP contribution is -2.25. The number of hydrogen-bond acceptors (Lipinski definition) is 2. The standard InChI is InChI=1S/C15H14Cl3NS/c16-11-4-2-5-13(8-11)20-9-12(19)7-10-3-1-6-14(17)15(10)18/h1-6,8,12H,7,9,19H2. The van der Waals surface area contributed by atoms with E-state index in [2.05, 4.69) is 0 Å². The minimum Gasteiger partial charge on any atom is -0.327 e. The summed E-state index contributed by atoms with van der Waals surface area (Å²) in [6, 6.07) is 13.4. The number of thioether (sulfide) groups is 1. The van der Waals surface area contributed by atoms with Crippen molar-refractivity contribution in [1.82, 2.24) is 0 Å². The second-order valence-corrected chi connectivity index (χ2v) is 6.76. The molecular weight excluding hydrogens is 333 g/mol. The second kappa shape index (κ2) is 7.58. The third kappa shape index (κ3) is 4.57. The number of benzene rings is 2. The Hall–Kier alpha value is -0.380. The molecule has 0 aromatic heterocycles. The summed E-state index contributed by atoms with van der Waals surface area (Å²) >= 11 is 19.8. The Kier molecular flexibility index (Phi) is 6.06. The first kappa shape index (κ1) is 16.0. The molecule has 0 amide bonds. The van der Waals surface area contributed by atoms with Crippen LogP contribution in [-0.2, 0) is 6.42 Å². The molecule has 106 valence electrons. The molecule has 0 radical (unpaired) electrons. The first-order valence-electron chi connectivity index (χ1n) is 6.13. The fraction of sp³-hybridized carbons (Fsp3) is 0.200. The van der Waals surface area contributed by atoms with Crippen LogP contribution in [0.4, 0.5) is 0 Å². The summed E-state index contributed by atoms with van der Waals surface area (Å²) in [4.78, 5) is 1.12. The number of rotatable bonds is 5. The summed E-state index contributed by atoms with van der Waals surface area (Å²) in [5, 5.41) is 1.90. The van der Waals surface area contributed by atoms with Crippen molar-refractivity contribution in [2.24, 2.45) is 5.73 Å². The first-order valence-corrected chi connectivity index (χ1v) is 8.25. The van der Waals surface area contributed by atoms with Crippen LogP contribution in [0.1, 0.15) is 5.56 Å². The maximum Gasteiger partial charge on any atom is 0.0624 e. The summed E-state index contributed by atoms with van der Waals surface area (Å²) in [5.74, 6) is 0.795. The quantitative estimate of drug-likeness (QED) is 0.743. The van der Waals surface area contributed by atoms with E-state index in [1.807, 2.05) is 36.4 Å². The van der Waals surface area contributed by atoms with E-state index < -0.39 is 0 Å². The highest BCUT2D eigenvalue weighted by molar-refractivity contribution is 7.99. The smallest absolute Gasteiger partial charge is 0.0624 e. The minimum absolute atomic E-state index is 0.00921. The van der Waals surface area contributed by atoms with Crippen molar-refractivity contribution in [2.45, 2.75) is 17.4 Å². The van der Waals surface area contributed by atoms with Crippen LogP contribution in [-0.4, -0.2) is 11.8 Å². The molecule has 0 bridgehead atoms. The van der Waals surface area contributed by atoms with Gasteiger partial charge in [-0.2, -0.15) is 0 Å². The van der Waals surface area contributed by atoms with Gasteiger partial charge in [-0.1, -0.05) is 53.0 Å². The van der Waals surface area contributed by atoms with Crippen LogP contribution in [0, 0.1) is 0 Å². The summed E-state index contributed by atoms with van der Waals surface area (Å²) < 4.78 is 0. The Morgan fingerprint density at radius 2 is 1.80 bits per heavy atom. The van der Waals surface area contributed by atoms with Crippen LogP contribution < -0.4 is 5.73 Å². The Bertz CT molecular complexity index is 589. The molecular formula is C15H14Cl3NS. The van der Waals surface area contributed by atoms with Gasteiger partial charge < -0.3 is 5.73 Å². The van der Waals surface area contributed by atoms with Gasteiger partial charge >= 0.3 is 0 Å². The molecule has 0 aliphatic rings. The van der Waals surface area contributed by atoms with Crippen LogP contribution in [0.2, 0.25) is 15.1 Å². The predicted molar refractivity (Wildman–Crippen MR) is 90.3 cm³/mol. The van der Waals surface area contributed by atoms with Gasteiger partial charge in [-0.3, -0.25) is 0 Å². The van der Waals surface area contributed by atoms with Gasteiger partial charge in [0.1, 0.15) is 0 Å². The summed E-state index contributed by atoms with van der Waals surface area (Å²) in [5.41, 5.74) is 7.14. The molecule has 2 rings (SSSR count). The van der Waals surface area contributed by atoms with E-state index in [-0.39, 0.29) is 6.04 Å².